The Labute approximate surface area is 138 Å². The number of carboxylic acid groups (broad SMARTS) is 1. The summed E-state index contributed by atoms with van der Waals surface area (Å²) < 4.78 is 26.8. The van der Waals surface area contributed by atoms with Gasteiger partial charge in [-0.3, -0.25) is 14.9 Å². The van der Waals surface area contributed by atoms with E-state index in [-0.39, 0.29) is 6.42 Å². The van der Waals surface area contributed by atoms with Crippen molar-refractivity contribution in [3.05, 3.63) is 70.3 Å². The molecule has 0 unspecified atom stereocenters. The summed E-state index contributed by atoms with van der Waals surface area (Å²) in [4.78, 5) is 20.9. The maximum absolute atomic E-state index is 12.4. The number of hydrogen-bond donors (Lipinski definition) is 2. The highest BCUT2D eigenvalue weighted by molar-refractivity contribution is 7.89. The fourth-order valence-electron chi connectivity index (χ4n) is 2.12. The van der Waals surface area contributed by atoms with Gasteiger partial charge in [-0.1, -0.05) is 42.5 Å². The van der Waals surface area contributed by atoms with Gasteiger partial charge in [-0.05, 0) is 18.1 Å². The first kappa shape index (κ1) is 17.6. The second-order valence-corrected chi connectivity index (χ2v) is 6.61. The molecule has 2 aromatic carbocycles. The number of aliphatic carboxylic acids is 1. The molecule has 2 aromatic rings. The highest BCUT2D eigenvalue weighted by Gasteiger charge is 2.30. The number of benzene rings is 2. The van der Waals surface area contributed by atoms with Crippen molar-refractivity contribution < 1.29 is 23.2 Å². The maximum Gasteiger partial charge on any atom is 0.322 e. The lowest BCUT2D eigenvalue weighted by Crippen LogP contribution is -2.42. The third-order valence-electron chi connectivity index (χ3n) is 3.23. The summed E-state index contributed by atoms with van der Waals surface area (Å²) in [6.07, 6.45) is -0.0873. The molecule has 0 spiro atoms. The molecule has 8 nitrogen and oxygen atoms in total. The van der Waals surface area contributed by atoms with Crippen LogP contribution in [0.4, 0.5) is 5.69 Å². The Hall–Kier alpha value is -2.78. The van der Waals surface area contributed by atoms with Crippen LogP contribution in [0.15, 0.2) is 59.5 Å². The normalized spacial score (nSPS) is 12.5. The zero-order valence-electron chi connectivity index (χ0n) is 12.3. The molecular weight excluding hydrogens is 336 g/mol. The summed E-state index contributed by atoms with van der Waals surface area (Å²) in [5.41, 5.74) is 0.00371. The SMILES string of the molecule is O=C(O)[C@@H](Cc1ccccc1)NS(=O)(=O)c1ccccc1[N+](=O)[O-]. The van der Waals surface area contributed by atoms with Crippen LogP contribution in [0.3, 0.4) is 0 Å². The number of sulfonamides is 1. The first-order valence-electron chi connectivity index (χ1n) is 6.84. The fourth-order valence-corrected chi connectivity index (χ4v) is 3.48. The van der Waals surface area contributed by atoms with Crippen LogP contribution in [0, 0.1) is 10.1 Å². The molecule has 0 heterocycles. The van der Waals surface area contributed by atoms with Crippen LogP contribution in [-0.2, 0) is 21.2 Å². The van der Waals surface area contributed by atoms with Gasteiger partial charge < -0.3 is 5.11 Å². The number of nitrogens with one attached hydrogen (secondary N) is 1. The molecule has 1 atom stereocenters. The average Bonchev–Trinajstić information content (AvgIpc) is 2.55. The summed E-state index contributed by atoms with van der Waals surface area (Å²) in [5, 5.41) is 20.2. The van der Waals surface area contributed by atoms with Gasteiger partial charge in [0.1, 0.15) is 6.04 Å². The fraction of sp³-hybridized carbons (Fsp3) is 0.133. The Balaban J connectivity index is 2.32. The summed E-state index contributed by atoms with van der Waals surface area (Å²) >= 11 is 0. The van der Waals surface area contributed by atoms with Crippen LogP contribution in [0.25, 0.3) is 0 Å². The molecule has 0 aliphatic carbocycles. The lowest BCUT2D eigenvalue weighted by molar-refractivity contribution is -0.387. The first-order valence-corrected chi connectivity index (χ1v) is 8.32. The zero-order chi connectivity index (χ0) is 17.7. The number of nitrogens with zero attached hydrogens (tertiary/aromatic N) is 1. The van der Waals surface area contributed by atoms with Crippen LogP contribution in [0.2, 0.25) is 0 Å². The lowest BCUT2D eigenvalue weighted by Gasteiger charge is -2.15. The minimum Gasteiger partial charge on any atom is -0.480 e. The van der Waals surface area contributed by atoms with E-state index in [2.05, 4.69) is 0 Å². The third-order valence-corrected chi connectivity index (χ3v) is 4.75. The van der Waals surface area contributed by atoms with Crippen molar-refractivity contribution in [2.24, 2.45) is 0 Å². The van der Waals surface area contributed by atoms with Gasteiger partial charge in [-0.2, -0.15) is 4.72 Å². The number of nitro benzene ring substituents is 1. The molecule has 2 N–H and O–H groups in total. The molecule has 9 heteroatoms. The highest BCUT2D eigenvalue weighted by Crippen LogP contribution is 2.23. The number of nitro groups is 1. The number of rotatable bonds is 7. The minimum absolute atomic E-state index is 0.0873. The van der Waals surface area contributed by atoms with E-state index in [9.17, 15) is 28.4 Å². The molecule has 0 amide bonds. The highest BCUT2D eigenvalue weighted by atomic mass is 32.2. The third kappa shape index (κ3) is 4.15. The second kappa shape index (κ2) is 7.20. The van der Waals surface area contributed by atoms with Crippen LogP contribution >= 0.6 is 0 Å². The van der Waals surface area contributed by atoms with E-state index in [1.54, 1.807) is 30.3 Å². The van der Waals surface area contributed by atoms with Crippen molar-refractivity contribution in [3.63, 3.8) is 0 Å². The van der Waals surface area contributed by atoms with Crippen molar-refractivity contribution in [2.45, 2.75) is 17.4 Å². The summed E-state index contributed by atoms with van der Waals surface area (Å²) in [7, 11) is -4.37. The smallest absolute Gasteiger partial charge is 0.322 e. The predicted molar refractivity (Wildman–Crippen MR) is 85.0 cm³/mol. The van der Waals surface area contributed by atoms with Gasteiger partial charge in [0, 0.05) is 6.07 Å². The van der Waals surface area contributed by atoms with Gasteiger partial charge in [0.05, 0.1) is 4.92 Å². The first-order chi connectivity index (χ1) is 11.3. The molecule has 126 valence electrons. The van der Waals surface area contributed by atoms with Gasteiger partial charge in [0.2, 0.25) is 10.0 Å². The Morgan fingerprint density at radius 1 is 1.12 bits per heavy atom. The minimum atomic E-state index is -4.37. The van der Waals surface area contributed by atoms with Crippen LogP contribution in [-0.4, -0.2) is 30.5 Å². The molecule has 2 rings (SSSR count). The second-order valence-electron chi connectivity index (χ2n) is 4.93. The molecule has 0 bridgehead atoms. The van der Waals surface area contributed by atoms with E-state index in [1.165, 1.54) is 12.1 Å². The molecule has 0 radical (unpaired) electrons. The van der Waals surface area contributed by atoms with Gasteiger partial charge >= 0.3 is 5.97 Å². The van der Waals surface area contributed by atoms with Crippen LogP contribution in [0.5, 0.6) is 0 Å². The largest absolute Gasteiger partial charge is 0.480 e. The molecule has 0 aliphatic rings. The number of carbonyl (C=O) groups is 1. The monoisotopic (exact) mass is 350 g/mol. The van der Waals surface area contributed by atoms with E-state index in [1.807, 2.05) is 4.72 Å². The quantitative estimate of drug-likeness (QED) is 0.576. The molecule has 0 saturated heterocycles. The lowest BCUT2D eigenvalue weighted by atomic mass is 10.1. The van der Waals surface area contributed by atoms with E-state index in [4.69, 9.17) is 0 Å². The van der Waals surface area contributed by atoms with Crippen molar-refractivity contribution in [1.29, 1.82) is 0 Å². The predicted octanol–water partition coefficient (Wildman–Crippen LogP) is 1.57. The van der Waals surface area contributed by atoms with Crippen molar-refractivity contribution in [3.8, 4) is 0 Å². The molecule has 0 saturated carbocycles. The van der Waals surface area contributed by atoms with Gasteiger partial charge in [-0.15, -0.1) is 0 Å². The zero-order valence-corrected chi connectivity index (χ0v) is 13.1. The van der Waals surface area contributed by atoms with Crippen molar-refractivity contribution >= 4 is 21.7 Å². The summed E-state index contributed by atoms with van der Waals surface area (Å²) in [6.45, 7) is 0. The topological polar surface area (TPSA) is 127 Å². The van der Waals surface area contributed by atoms with Crippen LogP contribution < -0.4 is 4.72 Å². The van der Waals surface area contributed by atoms with E-state index < -0.39 is 37.5 Å². The molecule has 24 heavy (non-hydrogen) atoms. The van der Waals surface area contributed by atoms with Gasteiger partial charge in [0.15, 0.2) is 4.90 Å². The molecule has 0 fully saturated rings. The Kier molecular flexibility index (Phi) is 5.27. The molecular formula is C15H14N2O6S. The Bertz CT molecular complexity index is 851. The average molecular weight is 350 g/mol. The number of carboxylic acids is 1. The Morgan fingerprint density at radius 2 is 1.71 bits per heavy atom. The van der Waals surface area contributed by atoms with E-state index in [0.717, 1.165) is 12.1 Å². The summed E-state index contributed by atoms with van der Waals surface area (Å²) in [5.74, 6) is -1.37. The molecule has 0 aliphatic heterocycles. The van der Waals surface area contributed by atoms with Gasteiger partial charge in [0.25, 0.3) is 5.69 Å². The van der Waals surface area contributed by atoms with E-state index in [0.29, 0.717) is 5.56 Å². The standard InChI is InChI=1S/C15H14N2O6S/c18-15(19)12(10-11-6-2-1-3-7-11)16-24(22,23)14-9-5-4-8-13(14)17(20)21/h1-9,12,16H,10H2,(H,18,19)/t12-/m1/s1. The van der Waals surface area contributed by atoms with Crippen LogP contribution in [0.1, 0.15) is 5.56 Å². The number of hydrogen-bond acceptors (Lipinski definition) is 5. The van der Waals surface area contributed by atoms with Crippen molar-refractivity contribution in [1.82, 2.24) is 4.72 Å². The van der Waals surface area contributed by atoms with E-state index >= 15 is 0 Å². The van der Waals surface area contributed by atoms with Gasteiger partial charge in [-0.25, -0.2) is 8.42 Å². The molecule has 0 aromatic heterocycles. The maximum atomic E-state index is 12.4. The number of para-hydroxylation sites is 1. The van der Waals surface area contributed by atoms with Crippen molar-refractivity contribution in [2.75, 3.05) is 0 Å². The Morgan fingerprint density at radius 3 is 2.29 bits per heavy atom. The summed E-state index contributed by atoms with van der Waals surface area (Å²) in [6, 6.07) is 11.8.